The highest BCUT2D eigenvalue weighted by Gasteiger charge is 2.18. The van der Waals surface area contributed by atoms with Gasteiger partial charge in [0.2, 0.25) is 0 Å². The van der Waals surface area contributed by atoms with Crippen LogP contribution in [-0.2, 0) is 6.54 Å². The molecule has 1 aliphatic rings. The number of piperidine rings is 1. The van der Waals surface area contributed by atoms with E-state index in [9.17, 15) is 0 Å². The molecule has 2 heterocycles. The molecule has 4 heteroatoms. The van der Waals surface area contributed by atoms with E-state index < -0.39 is 0 Å². The van der Waals surface area contributed by atoms with Crippen molar-refractivity contribution in [3.8, 4) is 0 Å². The third-order valence-electron chi connectivity index (χ3n) is 3.48. The average molecular weight is 254 g/mol. The van der Waals surface area contributed by atoms with E-state index in [1.54, 1.807) is 0 Å². The van der Waals surface area contributed by atoms with Crippen LogP contribution in [0.2, 0.25) is 5.15 Å². The fourth-order valence-corrected chi connectivity index (χ4v) is 2.54. The highest BCUT2D eigenvalue weighted by atomic mass is 35.5. The van der Waals surface area contributed by atoms with Gasteiger partial charge in [0, 0.05) is 12.7 Å². The van der Waals surface area contributed by atoms with Gasteiger partial charge in [0.25, 0.3) is 0 Å². The summed E-state index contributed by atoms with van der Waals surface area (Å²) in [7, 11) is 0. The summed E-state index contributed by atoms with van der Waals surface area (Å²) in [6, 6.07) is 3.92. The van der Waals surface area contributed by atoms with Crippen molar-refractivity contribution < 1.29 is 0 Å². The molecule has 0 spiro atoms. The number of hydrogen-bond acceptors (Lipinski definition) is 3. The molecule has 1 aromatic rings. The molecule has 2 rings (SSSR count). The van der Waals surface area contributed by atoms with E-state index in [1.807, 2.05) is 12.3 Å². The van der Waals surface area contributed by atoms with Crippen molar-refractivity contribution in [1.82, 2.24) is 9.88 Å². The maximum Gasteiger partial charge on any atom is 0.129 e. The second-order valence-electron chi connectivity index (χ2n) is 4.79. The van der Waals surface area contributed by atoms with Crippen LogP contribution in [0, 0.1) is 5.92 Å². The molecular formula is C13H20ClN3. The summed E-state index contributed by atoms with van der Waals surface area (Å²) in [5.41, 5.74) is 6.84. The third-order valence-corrected chi connectivity index (χ3v) is 3.70. The first-order chi connectivity index (χ1) is 8.28. The lowest BCUT2D eigenvalue weighted by molar-refractivity contribution is 0.173. The number of nitrogens with two attached hydrogens (primary N) is 1. The second-order valence-corrected chi connectivity index (χ2v) is 5.17. The lowest BCUT2D eigenvalue weighted by atomic mass is 9.93. The van der Waals surface area contributed by atoms with Crippen molar-refractivity contribution in [2.24, 2.45) is 11.7 Å². The van der Waals surface area contributed by atoms with E-state index >= 15 is 0 Å². The Hall–Kier alpha value is -0.640. The Morgan fingerprint density at radius 3 is 2.71 bits per heavy atom. The first-order valence-corrected chi connectivity index (χ1v) is 6.68. The Kier molecular flexibility index (Phi) is 4.77. The number of aromatic nitrogens is 1. The van der Waals surface area contributed by atoms with Gasteiger partial charge in [-0.15, -0.1) is 0 Å². The van der Waals surface area contributed by atoms with Crippen molar-refractivity contribution in [1.29, 1.82) is 0 Å². The minimum atomic E-state index is 0.565. The van der Waals surface area contributed by atoms with Gasteiger partial charge in [-0.05, 0) is 56.4 Å². The average Bonchev–Trinajstić information content (AvgIpc) is 2.35. The number of nitrogens with zero attached hydrogens (tertiary/aromatic N) is 2. The van der Waals surface area contributed by atoms with Crippen molar-refractivity contribution in [3.05, 3.63) is 29.0 Å². The van der Waals surface area contributed by atoms with Crippen LogP contribution in [-0.4, -0.2) is 29.5 Å². The molecule has 1 fully saturated rings. The van der Waals surface area contributed by atoms with Gasteiger partial charge < -0.3 is 5.73 Å². The van der Waals surface area contributed by atoms with Gasteiger partial charge in [0.15, 0.2) is 0 Å². The monoisotopic (exact) mass is 253 g/mol. The summed E-state index contributed by atoms with van der Waals surface area (Å²) in [4.78, 5) is 6.60. The Labute approximate surface area is 108 Å². The first kappa shape index (κ1) is 12.8. The minimum Gasteiger partial charge on any atom is -0.330 e. The molecule has 17 heavy (non-hydrogen) atoms. The first-order valence-electron chi connectivity index (χ1n) is 6.31. The normalized spacial score (nSPS) is 18.5. The Bertz CT molecular complexity index is 331. The summed E-state index contributed by atoms with van der Waals surface area (Å²) >= 11 is 5.77. The van der Waals surface area contributed by atoms with E-state index in [0.29, 0.717) is 5.15 Å². The molecule has 94 valence electrons. The highest BCUT2D eigenvalue weighted by Crippen LogP contribution is 2.21. The molecule has 0 saturated carbocycles. The summed E-state index contributed by atoms with van der Waals surface area (Å²) in [5, 5.41) is 0.565. The number of hydrogen-bond donors (Lipinski definition) is 1. The zero-order valence-electron chi connectivity index (χ0n) is 10.1. The van der Waals surface area contributed by atoms with Crippen LogP contribution in [0.25, 0.3) is 0 Å². The van der Waals surface area contributed by atoms with Crippen LogP contribution < -0.4 is 5.73 Å². The molecule has 0 atom stereocenters. The molecule has 1 aromatic heterocycles. The van der Waals surface area contributed by atoms with Crippen LogP contribution >= 0.6 is 11.6 Å². The second kappa shape index (κ2) is 6.34. The Balaban J connectivity index is 1.79. The smallest absolute Gasteiger partial charge is 0.129 e. The summed E-state index contributed by atoms with van der Waals surface area (Å²) < 4.78 is 0. The Morgan fingerprint density at radius 2 is 2.12 bits per heavy atom. The number of pyridine rings is 1. The summed E-state index contributed by atoms with van der Waals surface area (Å²) in [6.45, 7) is 4.16. The van der Waals surface area contributed by atoms with Gasteiger partial charge in [0.05, 0.1) is 0 Å². The van der Waals surface area contributed by atoms with Gasteiger partial charge in [0.1, 0.15) is 5.15 Å². The maximum atomic E-state index is 5.77. The van der Waals surface area contributed by atoms with Gasteiger partial charge in [-0.3, -0.25) is 4.90 Å². The molecule has 3 nitrogen and oxygen atoms in total. The largest absolute Gasteiger partial charge is 0.330 e. The molecule has 1 aliphatic heterocycles. The summed E-state index contributed by atoms with van der Waals surface area (Å²) in [5.74, 6) is 0.833. The number of likely N-dealkylation sites (tertiary alicyclic amines) is 1. The van der Waals surface area contributed by atoms with Crippen molar-refractivity contribution in [3.63, 3.8) is 0 Å². The van der Waals surface area contributed by atoms with E-state index in [4.69, 9.17) is 17.3 Å². The molecule has 0 radical (unpaired) electrons. The van der Waals surface area contributed by atoms with Crippen LogP contribution in [0.5, 0.6) is 0 Å². The third kappa shape index (κ3) is 3.95. The summed E-state index contributed by atoms with van der Waals surface area (Å²) in [6.07, 6.45) is 5.60. The molecule has 0 aliphatic carbocycles. The van der Waals surface area contributed by atoms with Gasteiger partial charge in [-0.25, -0.2) is 4.98 Å². The van der Waals surface area contributed by atoms with Crippen LogP contribution in [0.4, 0.5) is 0 Å². The molecule has 2 N–H and O–H groups in total. The van der Waals surface area contributed by atoms with Crippen LogP contribution in [0.1, 0.15) is 24.8 Å². The predicted molar refractivity (Wildman–Crippen MR) is 70.9 cm³/mol. The fraction of sp³-hybridized carbons (Fsp3) is 0.615. The zero-order valence-corrected chi connectivity index (χ0v) is 10.9. The van der Waals surface area contributed by atoms with Crippen LogP contribution in [0.15, 0.2) is 18.3 Å². The quantitative estimate of drug-likeness (QED) is 0.838. The van der Waals surface area contributed by atoms with E-state index in [-0.39, 0.29) is 0 Å². The molecule has 1 saturated heterocycles. The molecule has 0 bridgehead atoms. The maximum absolute atomic E-state index is 5.77. The van der Waals surface area contributed by atoms with Gasteiger partial charge >= 0.3 is 0 Å². The van der Waals surface area contributed by atoms with Gasteiger partial charge in [-0.1, -0.05) is 17.7 Å². The predicted octanol–water partition coefficient (Wildman–Crippen LogP) is 2.30. The SMILES string of the molecule is NCCC1CCN(Cc2ccc(Cl)nc2)CC1. The zero-order chi connectivity index (χ0) is 12.1. The van der Waals surface area contributed by atoms with E-state index in [2.05, 4.69) is 16.0 Å². The Morgan fingerprint density at radius 1 is 1.35 bits per heavy atom. The topological polar surface area (TPSA) is 42.1 Å². The highest BCUT2D eigenvalue weighted by molar-refractivity contribution is 6.29. The van der Waals surface area contributed by atoms with E-state index in [1.165, 1.54) is 37.9 Å². The molecule has 0 amide bonds. The van der Waals surface area contributed by atoms with Crippen molar-refractivity contribution in [2.75, 3.05) is 19.6 Å². The number of rotatable bonds is 4. The minimum absolute atomic E-state index is 0.565. The van der Waals surface area contributed by atoms with E-state index in [0.717, 1.165) is 19.0 Å². The fourth-order valence-electron chi connectivity index (χ4n) is 2.43. The lowest BCUT2D eigenvalue weighted by Gasteiger charge is -2.31. The molecular weight excluding hydrogens is 234 g/mol. The standard InChI is InChI=1S/C13H20ClN3/c14-13-2-1-12(9-16-13)10-17-7-4-11(3-6-15)5-8-17/h1-2,9,11H,3-8,10,15H2. The lowest BCUT2D eigenvalue weighted by Crippen LogP contribution is -2.33. The van der Waals surface area contributed by atoms with Gasteiger partial charge in [-0.2, -0.15) is 0 Å². The number of halogens is 1. The van der Waals surface area contributed by atoms with Crippen molar-refractivity contribution in [2.45, 2.75) is 25.8 Å². The molecule has 0 aromatic carbocycles. The van der Waals surface area contributed by atoms with Crippen LogP contribution in [0.3, 0.4) is 0 Å². The van der Waals surface area contributed by atoms with Crippen molar-refractivity contribution >= 4 is 11.6 Å². The molecule has 0 unspecified atom stereocenters.